The van der Waals surface area contributed by atoms with Gasteiger partial charge in [-0.1, -0.05) is 35.9 Å². The van der Waals surface area contributed by atoms with Gasteiger partial charge in [0.25, 0.3) is 0 Å². The lowest BCUT2D eigenvalue weighted by molar-refractivity contribution is 0.101. The molecule has 0 aliphatic rings. The van der Waals surface area contributed by atoms with Gasteiger partial charge in [-0.15, -0.1) is 0 Å². The summed E-state index contributed by atoms with van der Waals surface area (Å²) < 4.78 is 26.9. The molecule has 0 aromatic heterocycles. The summed E-state index contributed by atoms with van der Waals surface area (Å²) in [6.07, 6.45) is 2.46. The summed E-state index contributed by atoms with van der Waals surface area (Å²) in [5, 5.41) is 0.710. The maximum atomic E-state index is 12.2. The van der Waals surface area contributed by atoms with Gasteiger partial charge in [-0.05, 0) is 56.0 Å². The number of hydrogen-bond acceptors (Lipinski definition) is 3. The van der Waals surface area contributed by atoms with Crippen molar-refractivity contribution in [3.8, 4) is 0 Å². The Morgan fingerprint density at radius 1 is 1.08 bits per heavy atom. The highest BCUT2D eigenvalue weighted by molar-refractivity contribution is 7.89. The van der Waals surface area contributed by atoms with Crippen LogP contribution in [0.4, 0.5) is 0 Å². The monoisotopic (exact) mass is 365 g/mol. The SMILES string of the molecule is CC(=O)c1ccc(S(=O)(=O)NCCCCc2cccc(Cl)c2)cc1. The Morgan fingerprint density at radius 3 is 2.42 bits per heavy atom. The Kier molecular flexibility index (Phi) is 6.54. The third-order valence-electron chi connectivity index (χ3n) is 3.64. The van der Waals surface area contributed by atoms with Gasteiger partial charge in [-0.3, -0.25) is 4.79 Å². The fourth-order valence-corrected chi connectivity index (χ4v) is 3.59. The van der Waals surface area contributed by atoms with Crippen molar-refractivity contribution in [1.82, 2.24) is 4.72 Å². The molecule has 128 valence electrons. The molecule has 0 amide bonds. The second kappa shape index (κ2) is 8.42. The van der Waals surface area contributed by atoms with Crippen LogP contribution in [0.15, 0.2) is 53.4 Å². The average Bonchev–Trinajstić information content (AvgIpc) is 2.54. The van der Waals surface area contributed by atoms with Crippen molar-refractivity contribution >= 4 is 27.4 Å². The minimum atomic E-state index is -3.54. The number of halogens is 1. The van der Waals surface area contributed by atoms with Gasteiger partial charge in [0.05, 0.1) is 4.90 Å². The molecule has 0 aliphatic carbocycles. The molecule has 0 radical (unpaired) electrons. The van der Waals surface area contributed by atoms with Gasteiger partial charge in [0, 0.05) is 17.1 Å². The van der Waals surface area contributed by atoms with Crippen LogP contribution in [0.3, 0.4) is 0 Å². The zero-order valence-corrected chi connectivity index (χ0v) is 15.0. The number of unbranched alkanes of at least 4 members (excludes halogenated alkanes) is 1. The molecule has 0 atom stereocenters. The van der Waals surface area contributed by atoms with E-state index in [1.807, 2.05) is 24.3 Å². The number of sulfonamides is 1. The quantitative estimate of drug-likeness (QED) is 0.571. The lowest BCUT2D eigenvalue weighted by atomic mass is 10.1. The van der Waals surface area contributed by atoms with Gasteiger partial charge < -0.3 is 0 Å². The molecule has 0 bridgehead atoms. The number of rotatable bonds is 8. The molecule has 0 unspecified atom stereocenters. The minimum absolute atomic E-state index is 0.0899. The third-order valence-corrected chi connectivity index (χ3v) is 5.36. The van der Waals surface area contributed by atoms with Gasteiger partial charge >= 0.3 is 0 Å². The van der Waals surface area contributed by atoms with Gasteiger partial charge in [-0.25, -0.2) is 13.1 Å². The Bertz CT molecular complexity index is 801. The number of nitrogens with one attached hydrogen (secondary N) is 1. The topological polar surface area (TPSA) is 63.2 Å². The van der Waals surface area contributed by atoms with Crippen LogP contribution in [0.5, 0.6) is 0 Å². The second-order valence-corrected chi connectivity index (χ2v) is 7.77. The number of ketones is 1. The lowest BCUT2D eigenvalue weighted by Gasteiger charge is -2.07. The number of benzene rings is 2. The normalized spacial score (nSPS) is 11.4. The zero-order valence-electron chi connectivity index (χ0n) is 13.5. The van der Waals surface area contributed by atoms with E-state index in [-0.39, 0.29) is 10.7 Å². The fraction of sp³-hybridized carbons (Fsp3) is 0.278. The number of carbonyl (C=O) groups is 1. The van der Waals surface area contributed by atoms with Crippen LogP contribution >= 0.6 is 11.6 Å². The molecule has 0 aliphatic heterocycles. The molecule has 0 saturated carbocycles. The summed E-state index contributed by atoms with van der Waals surface area (Å²) in [4.78, 5) is 11.4. The molecule has 2 aromatic rings. The molecule has 1 N–H and O–H groups in total. The van der Waals surface area contributed by atoms with Crippen LogP contribution < -0.4 is 4.72 Å². The number of Topliss-reactive ketones (excluding diaryl/α,β-unsaturated/α-hetero) is 1. The summed E-state index contributed by atoms with van der Waals surface area (Å²) in [5.74, 6) is -0.0899. The molecule has 0 spiro atoms. The van der Waals surface area contributed by atoms with Crippen LogP contribution in [0, 0.1) is 0 Å². The van der Waals surface area contributed by atoms with E-state index in [0.717, 1.165) is 24.8 Å². The van der Waals surface area contributed by atoms with E-state index < -0.39 is 10.0 Å². The molecular weight excluding hydrogens is 346 g/mol. The van der Waals surface area contributed by atoms with E-state index in [2.05, 4.69) is 4.72 Å². The largest absolute Gasteiger partial charge is 0.295 e. The van der Waals surface area contributed by atoms with Crippen LogP contribution in [0.1, 0.15) is 35.7 Å². The van der Waals surface area contributed by atoms with E-state index in [9.17, 15) is 13.2 Å². The van der Waals surface area contributed by atoms with Crippen molar-refractivity contribution in [3.05, 3.63) is 64.7 Å². The van der Waals surface area contributed by atoms with Crippen molar-refractivity contribution in [1.29, 1.82) is 0 Å². The lowest BCUT2D eigenvalue weighted by Crippen LogP contribution is -2.24. The van der Waals surface area contributed by atoms with Gasteiger partial charge in [-0.2, -0.15) is 0 Å². The highest BCUT2D eigenvalue weighted by atomic mass is 35.5. The first kappa shape index (κ1) is 18.6. The van der Waals surface area contributed by atoms with E-state index in [1.165, 1.54) is 31.2 Å². The first-order valence-corrected chi connectivity index (χ1v) is 9.60. The Morgan fingerprint density at radius 2 is 1.79 bits per heavy atom. The van der Waals surface area contributed by atoms with Crippen molar-refractivity contribution in [3.63, 3.8) is 0 Å². The first-order valence-electron chi connectivity index (χ1n) is 7.73. The van der Waals surface area contributed by atoms with E-state index in [1.54, 1.807) is 0 Å². The standard InChI is InChI=1S/C18H20ClNO3S/c1-14(21)16-8-10-18(11-9-16)24(22,23)20-12-3-2-5-15-6-4-7-17(19)13-15/h4,6-11,13,20H,2-3,5,12H2,1H3. The zero-order chi connectivity index (χ0) is 17.6. The van der Waals surface area contributed by atoms with Crippen molar-refractivity contribution in [2.24, 2.45) is 0 Å². The summed E-state index contributed by atoms with van der Waals surface area (Å²) in [6.45, 7) is 1.82. The summed E-state index contributed by atoms with van der Waals surface area (Å²) in [7, 11) is -3.54. The molecule has 6 heteroatoms. The minimum Gasteiger partial charge on any atom is -0.295 e. The summed E-state index contributed by atoms with van der Waals surface area (Å²) in [6, 6.07) is 13.6. The Labute approximate surface area is 147 Å². The molecule has 24 heavy (non-hydrogen) atoms. The van der Waals surface area contributed by atoms with Crippen molar-refractivity contribution in [2.75, 3.05) is 6.54 Å². The van der Waals surface area contributed by atoms with Crippen molar-refractivity contribution in [2.45, 2.75) is 31.1 Å². The predicted molar refractivity (Wildman–Crippen MR) is 96.0 cm³/mol. The number of hydrogen-bond donors (Lipinski definition) is 1. The average molecular weight is 366 g/mol. The molecule has 4 nitrogen and oxygen atoms in total. The smallest absolute Gasteiger partial charge is 0.240 e. The molecule has 2 aromatic carbocycles. The van der Waals surface area contributed by atoms with E-state index in [4.69, 9.17) is 11.6 Å². The van der Waals surface area contributed by atoms with E-state index in [0.29, 0.717) is 17.1 Å². The Balaban J connectivity index is 1.81. The van der Waals surface area contributed by atoms with Gasteiger partial charge in [0.1, 0.15) is 0 Å². The summed E-state index contributed by atoms with van der Waals surface area (Å²) >= 11 is 5.93. The second-order valence-electron chi connectivity index (χ2n) is 5.57. The highest BCUT2D eigenvalue weighted by Gasteiger charge is 2.13. The molecule has 0 heterocycles. The Hall–Kier alpha value is -1.69. The first-order chi connectivity index (χ1) is 11.4. The molecule has 0 fully saturated rings. The van der Waals surface area contributed by atoms with Crippen LogP contribution in [0.2, 0.25) is 5.02 Å². The third kappa shape index (κ3) is 5.44. The summed E-state index contributed by atoms with van der Waals surface area (Å²) in [5.41, 5.74) is 1.64. The molecule has 2 rings (SSSR count). The van der Waals surface area contributed by atoms with E-state index >= 15 is 0 Å². The van der Waals surface area contributed by atoms with Crippen molar-refractivity contribution < 1.29 is 13.2 Å². The number of aryl methyl sites for hydroxylation is 1. The maximum absolute atomic E-state index is 12.2. The molecule has 0 saturated heterocycles. The highest BCUT2D eigenvalue weighted by Crippen LogP contribution is 2.13. The van der Waals surface area contributed by atoms with Gasteiger partial charge in [0.15, 0.2) is 5.78 Å². The van der Waals surface area contributed by atoms with Crippen LogP contribution in [-0.4, -0.2) is 20.7 Å². The fourth-order valence-electron chi connectivity index (χ4n) is 2.31. The van der Waals surface area contributed by atoms with Crippen LogP contribution in [-0.2, 0) is 16.4 Å². The predicted octanol–water partition coefficient (Wildman–Crippen LogP) is 3.84. The van der Waals surface area contributed by atoms with Crippen LogP contribution in [0.25, 0.3) is 0 Å². The number of carbonyl (C=O) groups excluding carboxylic acids is 1. The maximum Gasteiger partial charge on any atom is 0.240 e. The van der Waals surface area contributed by atoms with Gasteiger partial charge in [0.2, 0.25) is 10.0 Å². The molecular formula is C18H20ClNO3S.